The zero-order valence-electron chi connectivity index (χ0n) is 6.29. The van der Waals surface area contributed by atoms with Crippen molar-refractivity contribution in [3.63, 3.8) is 0 Å². The van der Waals surface area contributed by atoms with Gasteiger partial charge in [-0.2, -0.15) is 0 Å². The lowest BCUT2D eigenvalue weighted by molar-refractivity contribution is 0.202. The Labute approximate surface area is 65.0 Å². The highest BCUT2D eigenvalue weighted by molar-refractivity contribution is 5.17. The van der Waals surface area contributed by atoms with Crippen molar-refractivity contribution in [2.45, 2.75) is 19.3 Å². The van der Waals surface area contributed by atoms with Crippen molar-refractivity contribution in [3.05, 3.63) is 17.5 Å². The maximum Gasteiger partial charge on any atom is 0.140 e. The molecule has 1 N–H and O–H groups in total. The fourth-order valence-electron chi connectivity index (χ4n) is 1.54. The van der Waals surface area contributed by atoms with Gasteiger partial charge >= 0.3 is 0 Å². The Hall–Kier alpha value is -0.830. The van der Waals surface area contributed by atoms with Gasteiger partial charge in [-0.1, -0.05) is 5.16 Å². The van der Waals surface area contributed by atoms with Crippen LogP contribution < -0.4 is 0 Å². The molecular formula is C8H11NO2. The molecular weight excluding hydrogens is 142 g/mol. The molecule has 0 amide bonds. The molecule has 1 aromatic rings. The van der Waals surface area contributed by atoms with Gasteiger partial charge in [-0.05, 0) is 18.8 Å². The van der Waals surface area contributed by atoms with E-state index in [2.05, 4.69) is 5.16 Å². The first kappa shape index (κ1) is 6.85. The van der Waals surface area contributed by atoms with Crippen LogP contribution in [-0.2, 0) is 12.8 Å². The first-order valence-corrected chi connectivity index (χ1v) is 3.93. The molecule has 3 nitrogen and oxygen atoms in total. The molecule has 0 saturated heterocycles. The van der Waals surface area contributed by atoms with Crippen LogP contribution >= 0.6 is 0 Å². The van der Waals surface area contributed by atoms with Gasteiger partial charge in [0.05, 0.1) is 6.20 Å². The van der Waals surface area contributed by atoms with Crippen molar-refractivity contribution in [2.75, 3.05) is 6.61 Å². The van der Waals surface area contributed by atoms with E-state index in [0.29, 0.717) is 5.92 Å². The summed E-state index contributed by atoms with van der Waals surface area (Å²) >= 11 is 0. The van der Waals surface area contributed by atoms with Crippen molar-refractivity contribution < 1.29 is 9.63 Å². The lowest BCUT2D eigenvalue weighted by Crippen LogP contribution is -2.15. The molecule has 3 heteroatoms. The van der Waals surface area contributed by atoms with E-state index < -0.39 is 0 Å². The van der Waals surface area contributed by atoms with Crippen LogP contribution in [0.15, 0.2) is 10.7 Å². The number of aliphatic hydroxyl groups excluding tert-OH is 1. The Bertz CT molecular complexity index is 244. The van der Waals surface area contributed by atoms with Gasteiger partial charge in [0, 0.05) is 18.6 Å². The summed E-state index contributed by atoms with van der Waals surface area (Å²) in [6.07, 6.45) is 4.70. The van der Waals surface area contributed by atoms with Crippen LogP contribution in [0.25, 0.3) is 0 Å². The van der Waals surface area contributed by atoms with Crippen molar-refractivity contribution >= 4 is 0 Å². The van der Waals surface area contributed by atoms with Gasteiger partial charge < -0.3 is 9.63 Å². The van der Waals surface area contributed by atoms with Crippen molar-refractivity contribution in [1.82, 2.24) is 5.16 Å². The molecule has 1 aliphatic carbocycles. The molecule has 0 bridgehead atoms. The third-order valence-corrected chi connectivity index (χ3v) is 2.28. The summed E-state index contributed by atoms with van der Waals surface area (Å²) in [6.45, 7) is 0.264. The van der Waals surface area contributed by atoms with Crippen LogP contribution in [0.5, 0.6) is 0 Å². The fraction of sp³-hybridized carbons (Fsp3) is 0.625. The van der Waals surface area contributed by atoms with Crippen LogP contribution in [0.2, 0.25) is 0 Å². The average molecular weight is 153 g/mol. The predicted octanol–water partition coefficient (Wildman–Crippen LogP) is 0.772. The summed E-state index contributed by atoms with van der Waals surface area (Å²) in [5.41, 5.74) is 1.22. The number of aryl methyl sites for hydroxylation is 1. The van der Waals surface area contributed by atoms with Gasteiger partial charge in [-0.3, -0.25) is 0 Å². The minimum Gasteiger partial charge on any atom is -0.396 e. The Balaban J connectivity index is 2.18. The van der Waals surface area contributed by atoms with Crippen molar-refractivity contribution in [2.24, 2.45) is 5.92 Å². The SMILES string of the molecule is OC[C@@H]1CCc2cnoc2C1. The molecule has 0 saturated carbocycles. The predicted molar refractivity (Wildman–Crippen MR) is 39.1 cm³/mol. The van der Waals surface area contributed by atoms with E-state index in [4.69, 9.17) is 9.63 Å². The van der Waals surface area contributed by atoms with Crippen LogP contribution in [0.3, 0.4) is 0 Å². The Morgan fingerprint density at radius 1 is 1.73 bits per heavy atom. The van der Waals surface area contributed by atoms with E-state index in [-0.39, 0.29) is 6.61 Å². The van der Waals surface area contributed by atoms with Crippen LogP contribution in [0.1, 0.15) is 17.7 Å². The van der Waals surface area contributed by atoms with E-state index in [9.17, 15) is 0 Å². The second-order valence-corrected chi connectivity index (χ2v) is 3.07. The third-order valence-electron chi connectivity index (χ3n) is 2.28. The molecule has 1 atom stereocenters. The summed E-state index contributed by atoms with van der Waals surface area (Å²) in [4.78, 5) is 0. The molecule has 1 aromatic heterocycles. The highest BCUT2D eigenvalue weighted by Crippen LogP contribution is 2.24. The van der Waals surface area contributed by atoms with E-state index in [1.54, 1.807) is 6.20 Å². The minimum absolute atomic E-state index is 0.264. The molecule has 11 heavy (non-hydrogen) atoms. The minimum atomic E-state index is 0.264. The Morgan fingerprint density at radius 2 is 2.64 bits per heavy atom. The maximum absolute atomic E-state index is 8.89. The molecule has 60 valence electrons. The lowest BCUT2D eigenvalue weighted by atomic mass is 9.89. The van der Waals surface area contributed by atoms with Gasteiger partial charge in [-0.25, -0.2) is 0 Å². The molecule has 0 aliphatic heterocycles. The first-order valence-electron chi connectivity index (χ1n) is 3.93. The van der Waals surface area contributed by atoms with Crippen LogP contribution in [0.4, 0.5) is 0 Å². The Morgan fingerprint density at radius 3 is 3.45 bits per heavy atom. The summed E-state index contributed by atoms with van der Waals surface area (Å²) in [5, 5.41) is 12.6. The van der Waals surface area contributed by atoms with Gasteiger partial charge in [0.1, 0.15) is 5.76 Å². The molecule has 2 rings (SSSR count). The van der Waals surface area contributed by atoms with E-state index in [0.717, 1.165) is 25.0 Å². The molecule has 0 fully saturated rings. The number of nitrogens with zero attached hydrogens (tertiary/aromatic N) is 1. The van der Waals surface area contributed by atoms with E-state index in [1.165, 1.54) is 5.56 Å². The normalized spacial score (nSPS) is 23.2. The summed E-state index contributed by atoms with van der Waals surface area (Å²) < 4.78 is 5.03. The topological polar surface area (TPSA) is 46.3 Å². The van der Waals surface area contributed by atoms with Gasteiger partial charge in [0.2, 0.25) is 0 Å². The van der Waals surface area contributed by atoms with Crippen LogP contribution in [-0.4, -0.2) is 16.9 Å². The smallest absolute Gasteiger partial charge is 0.140 e. The largest absolute Gasteiger partial charge is 0.396 e. The van der Waals surface area contributed by atoms with Gasteiger partial charge in [-0.15, -0.1) is 0 Å². The van der Waals surface area contributed by atoms with Gasteiger partial charge in [0.15, 0.2) is 0 Å². The molecule has 1 heterocycles. The van der Waals surface area contributed by atoms with E-state index in [1.807, 2.05) is 0 Å². The first-order chi connectivity index (χ1) is 5.40. The highest BCUT2D eigenvalue weighted by Gasteiger charge is 2.20. The number of fused-ring (bicyclic) bond motifs is 1. The second kappa shape index (κ2) is 2.66. The third kappa shape index (κ3) is 1.16. The zero-order valence-corrected chi connectivity index (χ0v) is 6.29. The number of rotatable bonds is 1. The second-order valence-electron chi connectivity index (χ2n) is 3.07. The molecule has 0 aromatic carbocycles. The maximum atomic E-state index is 8.89. The molecule has 0 radical (unpaired) electrons. The number of aliphatic hydroxyl groups is 1. The molecule has 0 unspecified atom stereocenters. The quantitative estimate of drug-likeness (QED) is 0.648. The number of hydrogen-bond acceptors (Lipinski definition) is 3. The fourth-order valence-corrected chi connectivity index (χ4v) is 1.54. The summed E-state index contributed by atoms with van der Waals surface area (Å²) in [7, 11) is 0. The Kier molecular flexibility index (Phi) is 1.66. The standard InChI is InChI=1S/C8H11NO2/c10-5-6-1-2-7-4-9-11-8(7)3-6/h4,6,10H,1-3,5H2/t6-/m1/s1. The molecule has 0 spiro atoms. The van der Waals surface area contributed by atoms with Gasteiger partial charge in [0.25, 0.3) is 0 Å². The zero-order chi connectivity index (χ0) is 7.68. The van der Waals surface area contributed by atoms with Crippen molar-refractivity contribution in [1.29, 1.82) is 0 Å². The van der Waals surface area contributed by atoms with Crippen LogP contribution in [0, 0.1) is 5.92 Å². The van der Waals surface area contributed by atoms with E-state index >= 15 is 0 Å². The average Bonchev–Trinajstić information content (AvgIpc) is 2.50. The van der Waals surface area contributed by atoms with Crippen molar-refractivity contribution in [3.8, 4) is 0 Å². The lowest BCUT2D eigenvalue weighted by Gasteiger charge is -2.17. The summed E-state index contributed by atoms with van der Waals surface area (Å²) in [6, 6.07) is 0. The number of aromatic nitrogens is 1. The monoisotopic (exact) mass is 153 g/mol. The highest BCUT2D eigenvalue weighted by atomic mass is 16.5. The molecule has 1 aliphatic rings. The summed E-state index contributed by atoms with van der Waals surface area (Å²) in [5.74, 6) is 1.35. The number of hydrogen-bond donors (Lipinski definition) is 1.